The van der Waals surface area contributed by atoms with Crippen LogP contribution in [0.5, 0.6) is 0 Å². The molecule has 0 aliphatic carbocycles. The molecule has 1 aromatic carbocycles. The lowest BCUT2D eigenvalue weighted by atomic mass is 9.93. The minimum absolute atomic E-state index is 0.556. The van der Waals surface area contributed by atoms with Crippen molar-refractivity contribution < 1.29 is 0 Å². The van der Waals surface area contributed by atoms with E-state index in [0.29, 0.717) is 6.04 Å². The lowest BCUT2D eigenvalue weighted by molar-refractivity contribution is 0.246. The van der Waals surface area contributed by atoms with Crippen LogP contribution >= 0.6 is 0 Å². The maximum Gasteiger partial charge on any atom is 0.0319 e. The summed E-state index contributed by atoms with van der Waals surface area (Å²) >= 11 is 0. The first kappa shape index (κ1) is 14.3. The van der Waals surface area contributed by atoms with Gasteiger partial charge in [-0.3, -0.25) is 4.90 Å². The van der Waals surface area contributed by atoms with E-state index < -0.39 is 0 Å². The summed E-state index contributed by atoms with van der Waals surface area (Å²) in [7, 11) is 0. The molecule has 0 saturated carbocycles. The van der Waals surface area contributed by atoms with Gasteiger partial charge in [-0.15, -0.1) is 6.58 Å². The molecular formula is C18H27N. The molecule has 2 rings (SSSR count). The van der Waals surface area contributed by atoms with Crippen molar-refractivity contribution >= 4 is 0 Å². The highest BCUT2D eigenvalue weighted by Crippen LogP contribution is 2.30. The SMILES string of the molecule is C=CCC(C)C[C@H]1CCN([C@@H](C)c2ccccc2)C1. The van der Waals surface area contributed by atoms with Crippen molar-refractivity contribution in [2.45, 2.75) is 39.2 Å². The average Bonchev–Trinajstić information content (AvgIpc) is 2.87. The van der Waals surface area contributed by atoms with Gasteiger partial charge in [-0.25, -0.2) is 0 Å². The van der Waals surface area contributed by atoms with E-state index >= 15 is 0 Å². The molecule has 0 amide bonds. The van der Waals surface area contributed by atoms with Crippen molar-refractivity contribution in [3.63, 3.8) is 0 Å². The van der Waals surface area contributed by atoms with Crippen molar-refractivity contribution in [1.82, 2.24) is 4.90 Å². The lowest BCUT2D eigenvalue weighted by Crippen LogP contribution is -2.24. The second-order valence-electron chi connectivity index (χ2n) is 6.10. The largest absolute Gasteiger partial charge is 0.296 e. The summed E-state index contributed by atoms with van der Waals surface area (Å²) in [6.07, 6.45) is 5.93. The van der Waals surface area contributed by atoms with E-state index in [1.54, 1.807) is 0 Å². The molecule has 1 unspecified atom stereocenters. The van der Waals surface area contributed by atoms with Crippen LogP contribution in [-0.4, -0.2) is 18.0 Å². The van der Waals surface area contributed by atoms with Crippen molar-refractivity contribution in [3.05, 3.63) is 48.6 Å². The minimum atomic E-state index is 0.556. The van der Waals surface area contributed by atoms with Crippen LogP contribution in [0.1, 0.15) is 44.7 Å². The van der Waals surface area contributed by atoms with Crippen molar-refractivity contribution in [3.8, 4) is 0 Å². The van der Waals surface area contributed by atoms with Gasteiger partial charge in [-0.05, 0) is 50.1 Å². The van der Waals surface area contributed by atoms with Gasteiger partial charge in [-0.2, -0.15) is 0 Å². The van der Waals surface area contributed by atoms with E-state index in [1.807, 2.05) is 0 Å². The maximum atomic E-state index is 3.85. The second kappa shape index (κ2) is 6.91. The Hall–Kier alpha value is -1.08. The molecule has 0 radical (unpaired) electrons. The molecule has 1 fully saturated rings. The molecule has 1 aliphatic rings. The number of allylic oxidation sites excluding steroid dienone is 1. The van der Waals surface area contributed by atoms with Crippen molar-refractivity contribution in [2.75, 3.05) is 13.1 Å². The van der Waals surface area contributed by atoms with Gasteiger partial charge in [0.15, 0.2) is 0 Å². The Kier molecular flexibility index (Phi) is 5.21. The highest BCUT2D eigenvalue weighted by Gasteiger charge is 2.27. The highest BCUT2D eigenvalue weighted by atomic mass is 15.2. The first-order valence-corrected chi connectivity index (χ1v) is 7.60. The molecule has 19 heavy (non-hydrogen) atoms. The van der Waals surface area contributed by atoms with Gasteiger partial charge < -0.3 is 0 Å². The van der Waals surface area contributed by atoms with Crippen LogP contribution in [0, 0.1) is 11.8 Å². The van der Waals surface area contributed by atoms with Crippen LogP contribution < -0.4 is 0 Å². The number of likely N-dealkylation sites (tertiary alicyclic amines) is 1. The first-order chi connectivity index (χ1) is 9.20. The standard InChI is InChI=1S/C18H27N/c1-4-8-15(2)13-17-11-12-19(14-17)16(3)18-9-6-5-7-10-18/h4-7,9-10,15-17H,1,8,11-14H2,2-3H3/t15?,16-,17+/m0/s1. The number of hydrogen-bond donors (Lipinski definition) is 0. The van der Waals surface area contributed by atoms with E-state index in [0.717, 1.165) is 18.3 Å². The van der Waals surface area contributed by atoms with Crippen LogP contribution in [0.15, 0.2) is 43.0 Å². The van der Waals surface area contributed by atoms with Crippen molar-refractivity contribution in [1.29, 1.82) is 0 Å². The summed E-state index contributed by atoms with van der Waals surface area (Å²) in [4.78, 5) is 2.64. The molecule has 1 aromatic rings. The van der Waals surface area contributed by atoms with E-state index in [9.17, 15) is 0 Å². The number of hydrogen-bond acceptors (Lipinski definition) is 1. The molecule has 0 N–H and O–H groups in total. The average molecular weight is 257 g/mol. The monoisotopic (exact) mass is 257 g/mol. The zero-order chi connectivity index (χ0) is 13.7. The minimum Gasteiger partial charge on any atom is -0.296 e. The van der Waals surface area contributed by atoms with Gasteiger partial charge in [0.1, 0.15) is 0 Å². The molecule has 104 valence electrons. The molecule has 0 spiro atoms. The predicted octanol–water partition coefficient (Wildman–Crippen LogP) is 4.67. The van der Waals surface area contributed by atoms with Crippen LogP contribution in [0.2, 0.25) is 0 Å². The smallest absolute Gasteiger partial charge is 0.0319 e. The van der Waals surface area contributed by atoms with Gasteiger partial charge in [0.25, 0.3) is 0 Å². The summed E-state index contributed by atoms with van der Waals surface area (Å²) in [5, 5.41) is 0. The Bertz CT molecular complexity index is 384. The van der Waals surface area contributed by atoms with Gasteiger partial charge in [0.05, 0.1) is 0 Å². The Balaban J connectivity index is 1.86. The fraction of sp³-hybridized carbons (Fsp3) is 0.556. The van der Waals surface area contributed by atoms with Gasteiger partial charge in [0.2, 0.25) is 0 Å². The molecule has 1 saturated heterocycles. The Labute approximate surface area is 118 Å². The van der Waals surface area contributed by atoms with Crippen LogP contribution in [-0.2, 0) is 0 Å². The van der Waals surface area contributed by atoms with Crippen LogP contribution in [0.25, 0.3) is 0 Å². The summed E-state index contributed by atoms with van der Waals surface area (Å²) in [5.74, 6) is 1.66. The quantitative estimate of drug-likeness (QED) is 0.669. The Morgan fingerprint density at radius 2 is 2.05 bits per heavy atom. The summed E-state index contributed by atoms with van der Waals surface area (Å²) in [6.45, 7) is 11.1. The maximum absolute atomic E-state index is 3.85. The lowest BCUT2D eigenvalue weighted by Gasteiger charge is -2.25. The Morgan fingerprint density at radius 3 is 2.74 bits per heavy atom. The zero-order valence-corrected chi connectivity index (χ0v) is 12.4. The summed E-state index contributed by atoms with van der Waals surface area (Å²) in [6, 6.07) is 11.4. The van der Waals surface area contributed by atoms with E-state index in [-0.39, 0.29) is 0 Å². The molecule has 1 heteroatoms. The molecular weight excluding hydrogens is 230 g/mol. The van der Waals surface area contributed by atoms with E-state index in [1.165, 1.54) is 31.5 Å². The van der Waals surface area contributed by atoms with Gasteiger partial charge >= 0.3 is 0 Å². The zero-order valence-electron chi connectivity index (χ0n) is 12.4. The van der Waals surface area contributed by atoms with E-state index in [4.69, 9.17) is 0 Å². The third-order valence-corrected chi connectivity index (χ3v) is 4.45. The topological polar surface area (TPSA) is 3.24 Å². The molecule has 1 aliphatic heterocycles. The van der Waals surface area contributed by atoms with Gasteiger partial charge in [-0.1, -0.05) is 43.3 Å². The van der Waals surface area contributed by atoms with E-state index in [2.05, 4.69) is 61.7 Å². The normalized spacial score (nSPS) is 23.2. The highest BCUT2D eigenvalue weighted by molar-refractivity contribution is 5.18. The molecule has 0 aromatic heterocycles. The Morgan fingerprint density at radius 1 is 1.32 bits per heavy atom. The third kappa shape index (κ3) is 3.94. The fourth-order valence-corrected chi connectivity index (χ4v) is 3.30. The molecule has 1 nitrogen and oxygen atoms in total. The van der Waals surface area contributed by atoms with Crippen LogP contribution in [0.3, 0.4) is 0 Å². The number of nitrogens with zero attached hydrogens (tertiary/aromatic N) is 1. The third-order valence-electron chi connectivity index (χ3n) is 4.45. The molecule has 1 heterocycles. The predicted molar refractivity (Wildman–Crippen MR) is 83.1 cm³/mol. The summed E-state index contributed by atoms with van der Waals surface area (Å²) < 4.78 is 0. The molecule has 3 atom stereocenters. The second-order valence-corrected chi connectivity index (χ2v) is 6.10. The number of rotatable bonds is 6. The van der Waals surface area contributed by atoms with Gasteiger partial charge in [0, 0.05) is 12.6 Å². The molecule has 0 bridgehead atoms. The summed E-state index contributed by atoms with van der Waals surface area (Å²) in [5.41, 5.74) is 1.45. The number of benzene rings is 1. The van der Waals surface area contributed by atoms with Crippen LogP contribution in [0.4, 0.5) is 0 Å². The first-order valence-electron chi connectivity index (χ1n) is 7.60. The fourth-order valence-electron chi connectivity index (χ4n) is 3.30. The van der Waals surface area contributed by atoms with Crippen molar-refractivity contribution in [2.24, 2.45) is 11.8 Å².